The summed E-state index contributed by atoms with van der Waals surface area (Å²) in [7, 11) is -3.19. The number of benzene rings is 1. The van der Waals surface area contributed by atoms with E-state index in [1.807, 2.05) is 31.2 Å². The van der Waals surface area contributed by atoms with E-state index in [9.17, 15) is 13.2 Å². The van der Waals surface area contributed by atoms with Crippen molar-refractivity contribution in [2.45, 2.75) is 64.2 Å². The van der Waals surface area contributed by atoms with Gasteiger partial charge in [0.2, 0.25) is 10.0 Å². The minimum absolute atomic E-state index is 0.0738. The van der Waals surface area contributed by atoms with Crippen LogP contribution in [0.15, 0.2) is 24.3 Å². The number of sulfonamides is 1. The van der Waals surface area contributed by atoms with Crippen molar-refractivity contribution in [2.24, 2.45) is 5.92 Å². The lowest BCUT2D eigenvalue weighted by molar-refractivity contribution is 0.101. The molecule has 6 heteroatoms. The molecule has 140 valence electrons. The third-order valence-electron chi connectivity index (χ3n) is 5.17. The van der Waals surface area contributed by atoms with Gasteiger partial charge >= 0.3 is 0 Å². The highest BCUT2D eigenvalue weighted by Gasteiger charge is 2.27. The molecule has 1 unspecified atom stereocenters. The molecule has 2 N–H and O–H groups in total. The van der Waals surface area contributed by atoms with Crippen molar-refractivity contribution in [3.05, 3.63) is 29.8 Å². The molecule has 0 heterocycles. The summed E-state index contributed by atoms with van der Waals surface area (Å²) in [5.41, 5.74) is 1.74. The first kappa shape index (κ1) is 19.9. The molecular formula is C19H30N2O3S. The van der Waals surface area contributed by atoms with Crippen LogP contribution in [0.25, 0.3) is 0 Å². The maximum absolute atomic E-state index is 12.1. The molecule has 0 aliphatic heterocycles. The average molecular weight is 367 g/mol. The third kappa shape index (κ3) is 5.82. The lowest BCUT2D eigenvalue weighted by Gasteiger charge is -2.30. The Morgan fingerprint density at radius 1 is 1.16 bits per heavy atom. The molecule has 1 fully saturated rings. The Bertz CT molecular complexity index is 662. The quantitative estimate of drug-likeness (QED) is 0.690. The fourth-order valence-electron chi connectivity index (χ4n) is 3.14. The summed E-state index contributed by atoms with van der Waals surface area (Å²) in [5, 5.41) is 3.09. The molecule has 2 rings (SSSR count). The summed E-state index contributed by atoms with van der Waals surface area (Å²) in [6, 6.07) is 7.62. The highest BCUT2D eigenvalue weighted by Crippen LogP contribution is 2.26. The van der Waals surface area contributed by atoms with Crippen molar-refractivity contribution in [3.63, 3.8) is 0 Å². The molecule has 25 heavy (non-hydrogen) atoms. The van der Waals surface area contributed by atoms with Crippen LogP contribution in [0, 0.1) is 5.92 Å². The second-order valence-corrected chi connectivity index (χ2v) is 9.24. The third-order valence-corrected chi connectivity index (χ3v) is 7.22. The molecule has 1 aromatic carbocycles. The lowest BCUT2D eigenvalue weighted by atomic mass is 9.86. The fourth-order valence-corrected chi connectivity index (χ4v) is 4.51. The number of carbonyl (C=O) groups excluding carboxylic acids is 1. The maximum Gasteiger partial charge on any atom is 0.214 e. The Labute approximate surface area is 151 Å². The van der Waals surface area contributed by atoms with E-state index >= 15 is 0 Å². The number of anilines is 1. The first-order valence-electron chi connectivity index (χ1n) is 9.17. The number of hydrogen-bond acceptors (Lipinski definition) is 4. The Morgan fingerprint density at radius 3 is 2.28 bits per heavy atom. The van der Waals surface area contributed by atoms with Crippen molar-refractivity contribution >= 4 is 21.5 Å². The van der Waals surface area contributed by atoms with Gasteiger partial charge in [0.25, 0.3) is 0 Å². The van der Waals surface area contributed by atoms with Crippen LogP contribution >= 0.6 is 0 Å². The van der Waals surface area contributed by atoms with Crippen LogP contribution in [0.5, 0.6) is 0 Å². The van der Waals surface area contributed by atoms with Gasteiger partial charge in [-0.25, -0.2) is 13.1 Å². The second-order valence-electron chi connectivity index (χ2n) is 7.11. The first-order valence-corrected chi connectivity index (χ1v) is 10.7. The van der Waals surface area contributed by atoms with Crippen molar-refractivity contribution in [3.8, 4) is 0 Å². The van der Waals surface area contributed by atoms with Gasteiger partial charge in [-0.05, 0) is 76.1 Å². The van der Waals surface area contributed by atoms with E-state index in [1.165, 1.54) is 0 Å². The molecule has 1 saturated carbocycles. The minimum Gasteiger partial charge on any atom is -0.385 e. The standard InChI is InChI=1S/C19H30N2O3S/c1-4-14(2)25(23,24)21-19-9-5-16(6-10-19)13-20-18-11-7-17(8-12-18)15(3)22/h7-8,11-12,14,16,19-21H,4-6,9-10,13H2,1-3H3. The normalized spacial score (nSPS) is 22.4. The van der Waals surface area contributed by atoms with E-state index in [4.69, 9.17) is 0 Å². The maximum atomic E-state index is 12.1. The topological polar surface area (TPSA) is 75.3 Å². The van der Waals surface area contributed by atoms with Crippen LogP contribution in [0.2, 0.25) is 0 Å². The van der Waals surface area contributed by atoms with E-state index in [-0.39, 0.29) is 17.1 Å². The summed E-state index contributed by atoms with van der Waals surface area (Å²) in [5.74, 6) is 0.626. The van der Waals surface area contributed by atoms with E-state index in [0.717, 1.165) is 43.5 Å². The average Bonchev–Trinajstić information content (AvgIpc) is 2.60. The van der Waals surface area contributed by atoms with Crippen molar-refractivity contribution in [1.29, 1.82) is 0 Å². The van der Waals surface area contributed by atoms with Crippen LogP contribution in [-0.4, -0.2) is 32.0 Å². The smallest absolute Gasteiger partial charge is 0.214 e. The van der Waals surface area contributed by atoms with Gasteiger partial charge in [0.1, 0.15) is 0 Å². The molecule has 0 bridgehead atoms. The molecule has 0 aromatic heterocycles. The van der Waals surface area contributed by atoms with Crippen LogP contribution in [0.4, 0.5) is 5.69 Å². The molecule has 0 radical (unpaired) electrons. The van der Waals surface area contributed by atoms with Crippen LogP contribution < -0.4 is 10.0 Å². The van der Waals surface area contributed by atoms with Gasteiger partial charge in [-0.1, -0.05) is 6.92 Å². The fraction of sp³-hybridized carbons (Fsp3) is 0.632. The number of rotatable bonds is 8. The predicted octanol–water partition coefficient (Wildman–Crippen LogP) is 3.58. The Hall–Kier alpha value is -1.40. The van der Waals surface area contributed by atoms with E-state index in [1.54, 1.807) is 13.8 Å². The molecule has 0 saturated heterocycles. The van der Waals surface area contributed by atoms with Crippen LogP contribution in [0.3, 0.4) is 0 Å². The number of ketones is 1. The van der Waals surface area contributed by atoms with Crippen molar-refractivity contribution in [1.82, 2.24) is 4.72 Å². The highest BCUT2D eigenvalue weighted by molar-refractivity contribution is 7.90. The van der Waals surface area contributed by atoms with Crippen LogP contribution in [-0.2, 0) is 10.0 Å². The van der Waals surface area contributed by atoms with E-state index in [2.05, 4.69) is 10.0 Å². The number of hydrogen-bond donors (Lipinski definition) is 2. The summed E-state index contributed by atoms with van der Waals surface area (Å²) >= 11 is 0. The van der Waals surface area contributed by atoms with Gasteiger partial charge in [-0.15, -0.1) is 0 Å². The summed E-state index contributed by atoms with van der Waals surface area (Å²) in [6.45, 7) is 6.10. The summed E-state index contributed by atoms with van der Waals surface area (Å²) in [6.07, 6.45) is 4.46. The van der Waals surface area contributed by atoms with Gasteiger partial charge in [-0.3, -0.25) is 4.79 Å². The van der Waals surface area contributed by atoms with Crippen LogP contribution in [0.1, 0.15) is 63.2 Å². The predicted molar refractivity (Wildman–Crippen MR) is 102 cm³/mol. The van der Waals surface area contributed by atoms with Gasteiger partial charge in [0.15, 0.2) is 5.78 Å². The molecule has 1 aliphatic rings. The van der Waals surface area contributed by atoms with Gasteiger partial charge in [0.05, 0.1) is 5.25 Å². The Balaban J connectivity index is 1.76. The molecule has 1 atom stereocenters. The number of Topliss-reactive ketones (excluding diaryl/α,β-unsaturated/α-hetero) is 1. The van der Waals surface area contributed by atoms with Crippen molar-refractivity contribution in [2.75, 3.05) is 11.9 Å². The number of carbonyl (C=O) groups is 1. The van der Waals surface area contributed by atoms with Gasteiger partial charge in [-0.2, -0.15) is 0 Å². The van der Waals surface area contributed by atoms with Crippen molar-refractivity contribution < 1.29 is 13.2 Å². The Kier molecular flexibility index (Phi) is 7.02. The monoisotopic (exact) mass is 366 g/mol. The first-order chi connectivity index (χ1) is 11.8. The van der Waals surface area contributed by atoms with Gasteiger partial charge < -0.3 is 5.32 Å². The largest absolute Gasteiger partial charge is 0.385 e. The SMILES string of the molecule is CCC(C)S(=O)(=O)NC1CCC(CNc2ccc(C(C)=O)cc2)CC1. The molecule has 1 aliphatic carbocycles. The molecule has 5 nitrogen and oxygen atoms in total. The molecule has 1 aromatic rings. The molecule has 0 amide bonds. The summed E-state index contributed by atoms with van der Waals surface area (Å²) < 4.78 is 27.2. The van der Waals surface area contributed by atoms with E-state index in [0.29, 0.717) is 12.3 Å². The lowest BCUT2D eigenvalue weighted by Crippen LogP contribution is -2.42. The molecule has 0 spiro atoms. The highest BCUT2D eigenvalue weighted by atomic mass is 32.2. The zero-order valence-corrected chi connectivity index (χ0v) is 16.2. The zero-order valence-electron chi connectivity index (χ0n) is 15.4. The summed E-state index contributed by atoms with van der Waals surface area (Å²) in [4.78, 5) is 11.3. The Morgan fingerprint density at radius 2 is 1.76 bits per heavy atom. The second kappa shape index (κ2) is 8.81. The molecular weight excluding hydrogens is 336 g/mol. The zero-order chi connectivity index (χ0) is 18.4. The van der Waals surface area contributed by atoms with E-state index < -0.39 is 10.0 Å². The minimum atomic E-state index is -3.19. The van der Waals surface area contributed by atoms with Gasteiger partial charge in [0, 0.05) is 23.8 Å². The number of nitrogens with one attached hydrogen (secondary N) is 2.